The van der Waals surface area contributed by atoms with E-state index >= 15 is 0 Å². The molecule has 1 heterocycles. The van der Waals surface area contributed by atoms with E-state index in [2.05, 4.69) is 0 Å². The van der Waals surface area contributed by atoms with Gasteiger partial charge in [0.15, 0.2) is 0 Å². The van der Waals surface area contributed by atoms with Crippen LogP contribution in [0.3, 0.4) is 0 Å². The summed E-state index contributed by atoms with van der Waals surface area (Å²) in [6.45, 7) is 0.482. The second-order valence-electron chi connectivity index (χ2n) is 3.67. The molecule has 1 aromatic carbocycles. The lowest BCUT2D eigenvalue weighted by Crippen LogP contribution is -2.03. The first-order valence-electron chi connectivity index (χ1n) is 5.21. The minimum Gasteiger partial charge on any atom is -0.383 e. The molecule has 90 valence electrons. The summed E-state index contributed by atoms with van der Waals surface area (Å²) in [4.78, 5) is 0.773. The zero-order valence-corrected chi connectivity index (χ0v) is 11.0. The molecule has 1 N–H and O–H groups in total. The van der Waals surface area contributed by atoms with Gasteiger partial charge in [-0.15, -0.1) is 11.3 Å². The van der Waals surface area contributed by atoms with Crippen LogP contribution >= 0.6 is 22.9 Å². The van der Waals surface area contributed by atoms with Gasteiger partial charge in [-0.3, -0.25) is 0 Å². The number of rotatable bonds is 4. The van der Waals surface area contributed by atoms with Gasteiger partial charge in [-0.2, -0.15) is 0 Å². The van der Waals surface area contributed by atoms with Crippen molar-refractivity contribution in [2.45, 2.75) is 12.7 Å². The predicted molar refractivity (Wildman–Crippen MR) is 70.5 cm³/mol. The van der Waals surface area contributed by atoms with Crippen LogP contribution in [-0.4, -0.2) is 12.2 Å². The van der Waals surface area contributed by atoms with Gasteiger partial charge in [0.1, 0.15) is 6.10 Å². The highest BCUT2D eigenvalue weighted by Crippen LogP contribution is 2.34. The van der Waals surface area contributed by atoms with Crippen molar-refractivity contribution in [2.24, 2.45) is 0 Å². The maximum absolute atomic E-state index is 10.3. The predicted octanol–water partition coefficient (Wildman–Crippen LogP) is 3.63. The summed E-state index contributed by atoms with van der Waals surface area (Å²) in [5.41, 5.74) is 1.82. The van der Waals surface area contributed by atoms with Gasteiger partial charge in [0.25, 0.3) is 0 Å². The average Bonchev–Trinajstić information content (AvgIpc) is 2.76. The number of aliphatic hydroxyl groups excluding tert-OH is 1. The van der Waals surface area contributed by atoms with Crippen LogP contribution in [-0.2, 0) is 11.3 Å². The highest BCUT2D eigenvalue weighted by molar-refractivity contribution is 7.10. The lowest BCUT2D eigenvalue weighted by Gasteiger charge is -2.14. The van der Waals surface area contributed by atoms with Gasteiger partial charge in [-0.05, 0) is 22.6 Å². The van der Waals surface area contributed by atoms with E-state index in [4.69, 9.17) is 16.3 Å². The molecule has 0 bridgehead atoms. The van der Waals surface area contributed by atoms with Crippen LogP contribution in [0.25, 0.3) is 0 Å². The SMILES string of the molecule is COCc1ccccc1C(O)c1sccc1Cl. The Bertz CT molecular complexity index is 496. The molecule has 2 rings (SSSR count). The number of ether oxygens (including phenoxy) is 1. The highest BCUT2D eigenvalue weighted by Gasteiger charge is 2.17. The van der Waals surface area contributed by atoms with Gasteiger partial charge < -0.3 is 9.84 Å². The van der Waals surface area contributed by atoms with Gasteiger partial charge in [0.05, 0.1) is 16.5 Å². The number of methoxy groups -OCH3 is 1. The third kappa shape index (κ3) is 2.69. The Morgan fingerprint density at radius 1 is 1.35 bits per heavy atom. The lowest BCUT2D eigenvalue weighted by molar-refractivity contribution is 0.177. The number of hydrogen-bond donors (Lipinski definition) is 1. The van der Waals surface area contributed by atoms with Crippen molar-refractivity contribution in [1.82, 2.24) is 0 Å². The van der Waals surface area contributed by atoms with E-state index in [1.807, 2.05) is 29.6 Å². The monoisotopic (exact) mass is 268 g/mol. The number of hydrogen-bond acceptors (Lipinski definition) is 3. The van der Waals surface area contributed by atoms with Crippen LogP contribution in [0.15, 0.2) is 35.7 Å². The fourth-order valence-corrected chi connectivity index (χ4v) is 2.89. The van der Waals surface area contributed by atoms with Crippen molar-refractivity contribution >= 4 is 22.9 Å². The summed E-state index contributed by atoms with van der Waals surface area (Å²) in [6, 6.07) is 9.47. The van der Waals surface area contributed by atoms with Gasteiger partial charge >= 0.3 is 0 Å². The van der Waals surface area contributed by atoms with E-state index in [1.165, 1.54) is 11.3 Å². The molecule has 0 radical (unpaired) electrons. The molecule has 1 aromatic heterocycles. The van der Waals surface area contributed by atoms with Crippen LogP contribution in [0, 0.1) is 0 Å². The van der Waals surface area contributed by atoms with Crippen molar-refractivity contribution < 1.29 is 9.84 Å². The Labute approximate surface area is 109 Å². The van der Waals surface area contributed by atoms with Crippen molar-refractivity contribution in [3.8, 4) is 0 Å². The molecule has 0 aliphatic carbocycles. The molecule has 2 nitrogen and oxygen atoms in total. The number of thiophene rings is 1. The maximum atomic E-state index is 10.3. The summed E-state index contributed by atoms with van der Waals surface area (Å²) < 4.78 is 5.13. The first kappa shape index (κ1) is 12.6. The molecule has 0 spiro atoms. The minimum atomic E-state index is -0.686. The molecule has 17 heavy (non-hydrogen) atoms. The summed E-state index contributed by atoms with van der Waals surface area (Å²) >= 11 is 7.49. The fraction of sp³-hybridized carbons (Fsp3) is 0.231. The van der Waals surface area contributed by atoms with E-state index in [0.29, 0.717) is 11.6 Å². The van der Waals surface area contributed by atoms with Crippen LogP contribution < -0.4 is 0 Å². The maximum Gasteiger partial charge on any atom is 0.115 e. The van der Waals surface area contributed by atoms with E-state index in [0.717, 1.165) is 16.0 Å². The third-order valence-electron chi connectivity index (χ3n) is 2.54. The molecule has 2 aromatic rings. The normalized spacial score (nSPS) is 12.6. The number of halogens is 1. The molecule has 0 saturated heterocycles. The molecule has 4 heteroatoms. The Morgan fingerprint density at radius 3 is 2.76 bits per heavy atom. The van der Waals surface area contributed by atoms with Crippen molar-refractivity contribution in [3.05, 3.63) is 56.7 Å². The smallest absolute Gasteiger partial charge is 0.115 e. The molecule has 0 amide bonds. The molecular formula is C13H13ClO2S. The van der Waals surface area contributed by atoms with E-state index < -0.39 is 6.10 Å². The summed E-state index contributed by atoms with van der Waals surface area (Å²) in [5.74, 6) is 0. The molecule has 1 atom stereocenters. The van der Waals surface area contributed by atoms with Crippen molar-refractivity contribution in [3.63, 3.8) is 0 Å². The number of aliphatic hydroxyl groups is 1. The zero-order valence-electron chi connectivity index (χ0n) is 9.39. The van der Waals surface area contributed by atoms with Crippen LogP contribution in [0.2, 0.25) is 5.02 Å². The second kappa shape index (κ2) is 5.65. The standard InChI is InChI=1S/C13H13ClO2S/c1-16-8-9-4-2-3-5-10(9)12(15)13-11(14)6-7-17-13/h2-7,12,15H,8H2,1H3. The molecule has 0 saturated carbocycles. The molecular weight excluding hydrogens is 256 g/mol. The second-order valence-corrected chi connectivity index (χ2v) is 5.02. The number of benzene rings is 1. The first-order valence-corrected chi connectivity index (χ1v) is 6.47. The Morgan fingerprint density at radius 2 is 2.12 bits per heavy atom. The quantitative estimate of drug-likeness (QED) is 0.918. The largest absolute Gasteiger partial charge is 0.383 e. The van der Waals surface area contributed by atoms with Crippen molar-refractivity contribution in [2.75, 3.05) is 7.11 Å². The molecule has 0 aliphatic heterocycles. The third-order valence-corrected chi connectivity index (χ3v) is 3.95. The lowest BCUT2D eigenvalue weighted by atomic mass is 10.0. The van der Waals surface area contributed by atoms with E-state index in [9.17, 15) is 5.11 Å². The highest BCUT2D eigenvalue weighted by atomic mass is 35.5. The summed E-state index contributed by atoms with van der Waals surface area (Å²) in [7, 11) is 1.64. The van der Waals surface area contributed by atoms with Crippen LogP contribution in [0.1, 0.15) is 22.1 Å². The molecule has 0 fully saturated rings. The van der Waals surface area contributed by atoms with Crippen LogP contribution in [0.5, 0.6) is 0 Å². The fourth-order valence-electron chi connectivity index (χ4n) is 1.73. The molecule has 1 unspecified atom stereocenters. The Balaban J connectivity index is 2.37. The molecule has 0 aliphatic rings. The van der Waals surface area contributed by atoms with Gasteiger partial charge in [-0.25, -0.2) is 0 Å². The first-order chi connectivity index (χ1) is 8.24. The van der Waals surface area contributed by atoms with Gasteiger partial charge in [0, 0.05) is 7.11 Å². The minimum absolute atomic E-state index is 0.482. The van der Waals surface area contributed by atoms with E-state index in [-0.39, 0.29) is 0 Å². The van der Waals surface area contributed by atoms with Crippen LogP contribution in [0.4, 0.5) is 0 Å². The summed E-state index contributed by atoms with van der Waals surface area (Å²) in [5, 5.41) is 12.8. The Kier molecular flexibility index (Phi) is 4.18. The average molecular weight is 269 g/mol. The summed E-state index contributed by atoms with van der Waals surface area (Å²) in [6.07, 6.45) is -0.686. The zero-order chi connectivity index (χ0) is 12.3. The Hall–Kier alpha value is -0.870. The van der Waals surface area contributed by atoms with Crippen molar-refractivity contribution in [1.29, 1.82) is 0 Å². The van der Waals surface area contributed by atoms with E-state index in [1.54, 1.807) is 13.2 Å². The van der Waals surface area contributed by atoms with Gasteiger partial charge in [0.2, 0.25) is 0 Å². The van der Waals surface area contributed by atoms with Gasteiger partial charge in [-0.1, -0.05) is 35.9 Å². The topological polar surface area (TPSA) is 29.5 Å².